The Kier molecular flexibility index (Phi) is 4.74. The van der Waals surface area contributed by atoms with Crippen LogP contribution in [-0.2, 0) is 13.1 Å². The van der Waals surface area contributed by atoms with E-state index in [9.17, 15) is 4.79 Å². The first kappa shape index (κ1) is 16.7. The lowest BCUT2D eigenvalue weighted by molar-refractivity contribution is 0.0914. The zero-order valence-electron chi connectivity index (χ0n) is 14.4. The van der Waals surface area contributed by atoms with Gasteiger partial charge in [-0.3, -0.25) is 9.78 Å². The Morgan fingerprint density at radius 2 is 1.89 bits per heavy atom. The molecule has 1 amide bonds. The molecule has 0 fully saturated rings. The van der Waals surface area contributed by atoms with Crippen molar-refractivity contribution in [2.45, 2.75) is 13.1 Å². The summed E-state index contributed by atoms with van der Waals surface area (Å²) in [5, 5.41) is 6.74. The van der Waals surface area contributed by atoms with Crippen LogP contribution in [0.3, 0.4) is 0 Å². The standard InChI is InChI=1S/C20H17N5O2/c26-20(19-11-18(24-27-19)17-3-1-2-8-22-17)23-12-15-4-6-16(7-5-15)13-25-10-9-21-14-25/h1-11,14H,12-13H2,(H,23,26). The van der Waals surface area contributed by atoms with E-state index >= 15 is 0 Å². The highest BCUT2D eigenvalue weighted by Gasteiger charge is 2.14. The molecule has 7 nitrogen and oxygen atoms in total. The molecule has 0 unspecified atom stereocenters. The second kappa shape index (κ2) is 7.65. The molecule has 0 radical (unpaired) electrons. The number of hydrogen-bond acceptors (Lipinski definition) is 5. The van der Waals surface area contributed by atoms with E-state index in [0.29, 0.717) is 17.9 Å². The largest absolute Gasteiger partial charge is 0.350 e. The minimum atomic E-state index is -0.313. The van der Waals surface area contributed by atoms with Crippen LogP contribution < -0.4 is 5.32 Å². The average molecular weight is 359 g/mol. The Bertz CT molecular complexity index is 1010. The van der Waals surface area contributed by atoms with Crippen molar-refractivity contribution < 1.29 is 9.32 Å². The van der Waals surface area contributed by atoms with Crippen molar-refractivity contribution in [2.24, 2.45) is 0 Å². The molecule has 4 rings (SSSR count). The number of carbonyl (C=O) groups excluding carboxylic acids is 1. The summed E-state index contributed by atoms with van der Waals surface area (Å²) in [6, 6.07) is 15.1. The lowest BCUT2D eigenvalue weighted by Crippen LogP contribution is -2.22. The summed E-state index contributed by atoms with van der Waals surface area (Å²) in [7, 11) is 0. The van der Waals surface area contributed by atoms with E-state index in [0.717, 1.165) is 12.1 Å². The Morgan fingerprint density at radius 3 is 2.63 bits per heavy atom. The SMILES string of the molecule is O=C(NCc1ccc(Cn2ccnc2)cc1)c1cc(-c2ccccn2)no1. The van der Waals surface area contributed by atoms with Gasteiger partial charge in [0.2, 0.25) is 5.76 Å². The minimum Gasteiger partial charge on any atom is -0.350 e. The molecule has 0 spiro atoms. The van der Waals surface area contributed by atoms with Crippen molar-refractivity contribution >= 4 is 5.91 Å². The van der Waals surface area contributed by atoms with E-state index in [1.54, 1.807) is 24.8 Å². The van der Waals surface area contributed by atoms with E-state index in [4.69, 9.17) is 4.52 Å². The third-order valence-corrected chi connectivity index (χ3v) is 4.06. The summed E-state index contributed by atoms with van der Waals surface area (Å²) in [6.45, 7) is 1.17. The van der Waals surface area contributed by atoms with Gasteiger partial charge in [-0.05, 0) is 23.3 Å². The van der Waals surface area contributed by atoms with E-state index in [-0.39, 0.29) is 11.7 Å². The number of rotatable bonds is 6. The maximum Gasteiger partial charge on any atom is 0.290 e. The number of imidazole rings is 1. The number of nitrogens with zero attached hydrogens (tertiary/aromatic N) is 4. The molecular formula is C20H17N5O2. The van der Waals surface area contributed by atoms with Crippen LogP contribution in [0, 0.1) is 0 Å². The lowest BCUT2D eigenvalue weighted by atomic mass is 10.1. The maximum atomic E-state index is 12.3. The zero-order chi connectivity index (χ0) is 18.5. The highest BCUT2D eigenvalue weighted by Crippen LogP contribution is 2.16. The quantitative estimate of drug-likeness (QED) is 0.572. The van der Waals surface area contributed by atoms with E-state index < -0.39 is 0 Å². The van der Waals surface area contributed by atoms with Crippen molar-refractivity contribution in [2.75, 3.05) is 0 Å². The molecule has 0 saturated heterocycles. The number of benzene rings is 1. The predicted octanol–water partition coefficient (Wildman–Crippen LogP) is 2.91. The molecule has 1 aromatic carbocycles. The Balaban J connectivity index is 1.34. The molecule has 3 aromatic heterocycles. The van der Waals surface area contributed by atoms with Crippen molar-refractivity contribution in [1.82, 2.24) is 25.0 Å². The summed E-state index contributed by atoms with van der Waals surface area (Å²) < 4.78 is 7.14. The normalized spacial score (nSPS) is 10.7. The van der Waals surface area contributed by atoms with Crippen LogP contribution in [0.1, 0.15) is 21.7 Å². The fourth-order valence-electron chi connectivity index (χ4n) is 2.64. The van der Waals surface area contributed by atoms with Crippen LogP contribution in [0.5, 0.6) is 0 Å². The van der Waals surface area contributed by atoms with Gasteiger partial charge in [0.25, 0.3) is 5.91 Å². The summed E-state index contributed by atoms with van der Waals surface area (Å²) in [6.07, 6.45) is 7.13. The van der Waals surface area contributed by atoms with Gasteiger partial charge in [0.1, 0.15) is 5.69 Å². The summed E-state index contributed by atoms with van der Waals surface area (Å²) in [5.74, 6) is -0.153. The smallest absolute Gasteiger partial charge is 0.290 e. The Morgan fingerprint density at radius 1 is 1.04 bits per heavy atom. The van der Waals surface area contributed by atoms with Crippen molar-refractivity contribution in [3.63, 3.8) is 0 Å². The highest BCUT2D eigenvalue weighted by molar-refractivity contribution is 5.92. The van der Waals surface area contributed by atoms with Crippen LogP contribution in [0.15, 0.2) is 78.0 Å². The van der Waals surface area contributed by atoms with Gasteiger partial charge in [0.05, 0.1) is 12.0 Å². The molecule has 3 heterocycles. The Hall–Kier alpha value is -3.74. The first-order valence-corrected chi connectivity index (χ1v) is 8.48. The molecule has 0 aliphatic heterocycles. The molecule has 0 aliphatic carbocycles. The van der Waals surface area contributed by atoms with Crippen LogP contribution in [-0.4, -0.2) is 25.6 Å². The van der Waals surface area contributed by atoms with Crippen molar-refractivity contribution in [1.29, 1.82) is 0 Å². The molecule has 7 heteroatoms. The van der Waals surface area contributed by atoms with Gasteiger partial charge >= 0.3 is 0 Å². The van der Waals surface area contributed by atoms with E-state index in [1.807, 2.05) is 53.2 Å². The van der Waals surface area contributed by atoms with Crippen LogP contribution in [0.4, 0.5) is 0 Å². The van der Waals surface area contributed by atoms with Gasteiger partial charge in [-0.1, -0.05) is 35.5 Å². The topological polar surface area (TPSA) is 85.8 Å². The molecule has 0 aliphatic rings. The zero-order valence-corrected chi connectivity index (χ0v) is 14.4. The fraction of sp³-hybridized carbons (Fsp3) is 0.100. The first-order chi connectivity index (χ1) is 13.3. The van der Waals surface area contributed by atoms with Crippen molar-refractivity contribution in [3.05, 3.63) is 90.3 Å². The molecule has 1 N–H and O–H groups in total. The van der Waals surface area contributed by atoms with Gasteiger partial charge in [-0.15, -0.1) is 0 Å². The summed E-state index contributed by atoms with van der Waals surface area (Å²) in [4.78, 5) is 20.5. The number of aromatic nitrogens is 4. The third kappa shape index (κ3) is 4.09. The number of nitrogens with one attached hydrogen (secondary N) is 1. The second-order valence-corrected chi connectivity index (χ2v) is 6.03. The van der Waals surface area contributed by atoms with Crippen LogP contribution >= 0.6 is 0 Å². The molecule has 0 saturated carbocycles. The monoisotopic (exact) mass is 359 g/mol. The first-order valence-electron chi connectivity index (χ1n) is 8.48. The molecular weight excluding hydrogens is 342 g/mol. The highest BCUT2D eigenvalue weighted by atomic mass is 16.5. The summed E-state index contributed by atoms with van der Waals surface area (Å²) in [5.41, 5.74) is 3.36. The molecule has 0 atom stereocenters. The predicted molar refractivity (Wildman–Crippen MR) is 98.7 cm³/mol. The maximum absolute atomic E-state index is 12.3. The van der Waals surface area contributed by atoms with Gasteiger partial charge in [-0.25, -0.2) is 4.98 Å². The molecule has 4 aromatic rings. The van der Waals surface area contributed by atoms with Crippen molar-refractivity contribution in [3.8, 4) is 11.4 Å². The lowest BCUT2D eigenvalue weighted by Gasteiger charge is -2.06. The van der Waals surface area contributed by atoms with Crippen LogP contribution in [0.2, 0.25) is 0 Å². The van der Waals surface area contributed by atoms with E-state index in [2.05, 4.69) is 20.4 Å². The minimum absolute atomic E-state index is 0.160. The average Bonchev–Trinajstić information content (AvgIpc) is 3.40. The molecule has 0 bridgehead atoms. The Labute approximate surface area is 155 Å². The molecule has 27 heavy (non-hydrogen) atoms. The van der Waals surface area contributed by atoms with Gasteiger partial charge in [0.15, 0.2) is 0 Å². The van der Waals surface area contributed by atoms with Gasteiger partial charge in [0, 0.05) is 37.7 Å². The third-order valence-electron chi connectivity index (χ3n) is 4.06. The second-order valence-electron chi connectivity index (χ2n) is 6.03. The number of amides is 1. The van der Waals surface area contributed by atoms with E-state index in [1.165, 1.54) is 5.56 Å². The fourth-order valence-corrected chi connectivity index (χ4v) is 2.64. The van der Waals surface area contributed by atoms with Gasteiger partial charge < -0.3 is 14.4 Å². The number of carbonyl (C=O) groups is 1. The summed E-state index contributed by atoms with van der Waals surface area (Å²) >= 11 is 0. The molecule has 134 valence electrons. The van der Waals surface area contributed by atoms with Crippen LogP contribution in [0.25, 0.3) is 11.4 Å². The van der Waals surface area contributed by atoms with Gasteiger partial charge in [-0.2, -0.15) is 0 Å². The number of hydrogen-bond donors (Lipinski definition) is 1. The number of pyridine rings is 1.